The van der Waals surface area contributed by atoms with Gasteiger partial charge in [0.05, 0.1) is 0 Å². The van der Waals surface area contributed by atoms with Gasteiger partial charge >= 0.3 is 0 Å². The summed E-state index contributed by atoms with van der Waals surface area (Å²) in [6, 6.07) is 0. The highest BCUT2D eigenvalue weighted by Crippen LogP contribution is 2.39. The summed E-state index contributed by atoms with van der Waals surface area (Å²) in [5.41, 5.74) is 0. The molecule has 2 saturated carbocycles. The first-order valence-electron chi connectivity index (χ1n) is 6.33. The van der Waals surface area contributed by atoms with Crippen LogP contribution in [0.2, 0.25) is 0 Å². The molecule has 0 bridgehead atoms. The molecule has 0 radical (unpaired) electrons. The molecule has 80 valence electrons. The van der Waals surface area contributed by atoms with Crippen LogP contribution in [0.1, 0.15) is 58.3 Å². The Labute approximate surface area is 87.3 Å². The molecule has 1 nitrogen and oxygen atoms in total. The van der Waals surface area contributed by atoms with Crippen LogP contribution < -0.4 is 0 Å². The minimum absolute atomic E-state index is 0.373. The van der Waals surface area contributed by atoms with E-state index < -0.39 is 0 Å². The van der Waals surface area contributed by atoms with Crippen LogP contribution in [0.3, 0.4) is 0 Å². The summed E-state index contributed by atoms with van der Waals surface area (Å²) in [6.07, 6.45) is 10.2. The molecule has 0 amide bonds. The SMILES string of the molecule is CC(C(=O)C1CCCCCC1)C1CC1. The lowest BCUT2D eigenvalue weighted by molar-refractivity contribution is -0.127. The van der Waals surface area contributed by atoms with Crippen molar-refractivity contribution in [2.45, 2.75) is 58.3 Å². The smallest absolute Gasteiger partial charge is 0.139 e. The van der Waals surface area contributed by atoms with E-state index in [1.807, 2.05) is 0 Å². The van der Waals surface area contributed by atoms with Crippen LogP contribution in [0.5, 0.6) is 0 Å². The van der Waals surface area contributed by atoms with Gasteiger partial charge in [-0.15, -0.1) is 0 Å². The van der Waals surface area contributed by atoms with Gasteiger partial charge in [-0.3, -0.25) is 4.79 Å². The maximum atomic E-state index is 12.1. The number of hydrogen-bond donors (Lipinski definition) is 0. The summed E-state index contributed by atoms with van der Waals surface area (Å²) >= 11 is 0. The first-order valence-corrected chi connectivity index (χ1v) is 6.33. The third-order valence-corrected chi connectivity index (χ3v) is 4.04. The van der Waals surface area contributed by atoms with Crippen LogP contribution in [0.4, 0.5) is 0 Å². The Hall–Kier alpha value is -0.330. The molecule has 0 saturated heterocycles. The number of Topliss-reactive ketones (excluding diaryl/α,β-unsaturated/α-hetero) is 1. The van der Waals surface area contributed by atoms with E-state index in [0.717, 1.165) is 5.92 Å². The summed E-state index contributed by atoms with van der Waals surface area (Å²) in [5, 5.41) is 0. The van der Waals surface area contributed by atoms with Crippen molar-refractivity contribution in [1.29, 1.82) is 0 Å². The summed E-state index contributed by atoms with van der Waals surface area (Å²) in [5.74, 6) is 2.14. The van der Waals surface area contributed by atoms with Gasteiger partial charge in [0.25, 0.3) is 0 Å². The lowest BCUT2D eigenvalue weighted by Gasteiger charge is -2.17. The molecule has 1 unspecified atom stereocenters. The van der Waals surface area contributed by atoms with Gasteiger partial charge in [0.2, 0.25) is 0 Å². The van der Waals surface area contributed by atoms with Crippen molar-refractivity contribution in [3.63, 3.8) is 0 Å². The van der Waals surface area contributed by atoms with E-state index >= 15 is 0 Å². The molecule has 1 atom stereocenters. The van der Waals surface area contributed by atoms with Crippen LogP contribution in [0.15, 0.2) is 0 Å². The Morgan fingerprint density at radius 3 is 2.07 bits per heavy atom. The minimum Gasteiger partial charge on any atom is -0.299 e. The topological polar surface area (TPSA) is 17.1 Å². The zero-order chi connectivity index (χ0) is 9.97. The number of carbonyl (C=O) groups excluding carboxylic acids is 1. The van der Waals surface area contributed by atoms with Gasteiger partial charge in [0.15, 0.2) is 0 Å². The Morgan fingerprint density at radius 2 is 1.57 bits per heavy atom. The fourth-order valence-electron chi connectivity index (χ4n) is 2.76. The molecule has 2 aliphatic rings. The standard InChI is InChI=1S/C13H22O/c1-10(11-8-9-11)13(14)12-6-4-2-3-5-7-12/h10-12H,2-9H2,1H3. The van der Waals surface area contributed by atoms with Crippen LogP contribution in [0, 0.1) is 17.8 Å². The molecule has 0 aliphatic heterocycles. The second kappa shape index (κ2) is 4.46. The van der Waals surface area contributed by atoms with E-state index in [1.54, 1.807) is 0 Å². The summed E-state index contributed by atoms with van der Waals surface area (Å²) in [4.78, 5) is 12.1. The zero-order valence-corrected chi connectivity index (χ0v) is 9.30. The Morgan fingerprint density at radius 1 is 1.00 bits per heavy atom. The Bertz CT molecular complexity index is 197. The third kappa shape index (κ3) is 2.37. The predicted octanol–water partition coefficient (Wildman–Crippen LogP) is 3.57. The number of rotatable bonds is 3. The van der Waals surface area contributed by atoms with Crippen molar-refractivity contribution in [2.24, 2.45) is 17.8 Å². The van der Waals surface area contributed by atoms with E-state index in [1.165, 1.54) is 51.4 Å². The monoisotopic (exact) mass is 194 g/mol. The highest BCUT2D eigenvalue weighted by atomic mass is 16.1. The minimum atomic E-state index is 0.373. The van der Waals surface area contributed by atoms with E-state index in [0.29, 0.717) is 17.6 Å². The number of hydrogen-bond acceptors (Lipinski definition) is 1. The van der Waals surface area contributed by atoms with E-state index in [9.17, 15) is 4.79 Å². The number of carbonyl (C=O) groups is 1. The molecule has 2 fully saturated rings. The van der Waals surface area contributed by atoms with E-state index in [2.05, 4.69) is 6.92 Å². The van der Waals surface area contributed by atoms with Crippen molar-refractivity contribution in [3.05, 3.63) is 0 Å². The summed E-state index contributed by atoms with van der Waals surface area (Å²) in [6.45, 7) is 2.16. The predicted molar refractivity (Wildman–Crippen MR) is 58.1 cm³/mol. The van der Waals surface area contributed by atoms with Gasteiger partial charge < -0.3 is 0 Å². The highest BCUT2D eigenvalue weighted by Gasteiger charge is 2.35. The average Bonchev–Trinajstić information content (AvgIpc) is 3.02. The molecular weight excluding hydrogens is 172 g/mol. The molecule has 0 aromatic rings. The van der Waals surface area contributed by atoms with E-state index in [-0.39, 0.29) is 0 Å². The largest absolute Gasteiger partial charge is 0.299 e. The first-order chi connectivity index (χ1) is 6.79. The lowest BCUT2D eigenvalue weighted by Crippen LogP contribution is -2.22. The molecule has 0 aromatic carbocycles. The molecule has 0 N–H and O–H groups in total. The molecule has 0 heterocycles. The van der Waals surface area contributed by atoms with Crippen LogP contribution in [-0.4, -0.2) is 5.78 Å². The van der Waals surface area contributed by atoms with Crippen molar-refractivity contribution in [3.8, 4) is 0 Å². The third-order valence-electron chi connectivity index (χ3n) is 4.04. The second-order valence-corrected chi connectivity index (χ2v) is 5.22. The highest BCUT2D eigenvalue weighted by molar-refractivity contribution is 5.83. The zero-order valence-electron chi connectivity index (χ0n) is 9.30. The van der Waals surface area contributed by atoms with Crippen molar-refractivity contribution < 1.29 is 4.79 Å². The van der Waals surface area contributed by atoms with Gasteiger partial charge in [-0.25, -0.2) is 0 Å². The van der Waals surface area contributed by atoms with Gasteiger partial charge in [0.1, 0.15) is 5.78 Å². The summed E-state index contributed by atoms with van der Waals surface area (Å²) < 4.78 is 0. The molecule has 14 heavy (non-hydrogen) atoms. The molecule has 2 rings (SSSR count). The Kier molecular flexibility index (Phi) is 3.25. The van der Waals surface area contributed by atoms with Crippen LogP contribution in [0.25, 0.3) is 0 Å². The quantitative estimate of drug-likeness (QED) is 0.628. The van der Waals surface area contributed by atoms with Gasteiger partial charge in [-0.2, -0.15) is 0 Å². The Balaban J connectivity index is 1.87. The van der Waals surface area contributed by atoms with Crippen LogP contribution in [-0.2, 0) is 4.79 Å². The van der Waals surface area contributed by atoms with Gasteiger partial charge in [0, 0.05) is 11.8 Å². The fraction of sp³-hybridized carbons (Fsp3) is 0.923. The second-order valence-electron chi connectivity index (χ2n) is 5.22. The average molecular weight is 194 g/mol. The lowest BCUT2D eigenvalue weighted by atomic mass is 9.86. The normalized spacial score (nSPS) is 26.9. The molecule has 0 spiro atoms. The molecular formula is C13H22O. The van der Waals surface area contributed by atoms with Crippen molar-refractivity contribution in [1.82, 2.24) is 0 Å². The fourth-order valence-corrected chi connectivity index (χ4v) is 2.76. The van der Waals surface area contributed by atoms with Crippen LogP contribution >= 0.6 is 0 Å². The molecule has 0 aromatic heterocycles. The molecule has 2 aliphatic carbocycles. The maximum absolute atomic E-state index is 12.1. The number of ketones is 1. The van der Waals surface area contributed by atoms with Crippen molar-refractivity contribution >= 4 is 5.78 Å². The van der Waals surface area contributed by atoms with Gasteiger partial charge in [-0.05, 0) is 31.6 Å². The molecule has 1 heteroatoms. The first kappa shape index (κ1) is 10.2. The summed E-state index contributed by atoms with van der Waals surface area (Å²) in [7, 11) is 0. The van der Waals surface area contributed by atoms with Crippen molar-refractivity contribution in [2.75, 3.05) is 0 Å². The van der Waals surface area contributed by atoms with Gasteiger partial charge in [-0.1, -0.05) is 32.6 Å². The van der Waals surface area contributed by atoms with E-state index in [4.69, 9.17) is 0 Å². The maximum Gasteiger partial charge on any atom is 0.139 e.